The third-order valence-electron chi connectivity index (χ3n) is 3.18. The van der Waals surface area contributed by atoms with Crippen molar-refractivity contribution in [1.29, 1.82) is 5.26 Å². The first-order chi connectivity index (χ1) is 10.5. The summed E-state index contributed by atoms with van der Waals surface area (Å²) < 4.78 is 25.7. The lowest BCUT2D eigenvalue weighted by Crippen LogP contribution is -2.27. The maximum absolute atomic E-state index is 12.5. The molecule has 3 aromatic rings. The molecule has 0 aliphatic carbocycles. The number of aromatic nitrogens is 2. The largest absolute Gasteiger partial charge is 0.275 e. The van der Waals surface area contributed by atoms with Gasteiger partial charge in [0.2, 0.25) is 0 Å². The van der Waals surface area contributed by atoms with Crippen molar-refractivity contribution >= 4 is 20.9 Å². The summed E-state index contributed by atoms with van der Waals surface area (Å²) in [6.07, 6.45) is 0.998. The first kappa shape index (κ1) is 14.0. The van der Waals surface area contributed by atoms with E-state index >= 15 is 0 Å². The van der Waals surface area contributed by atoms with Crippen molar-refractivity contribution in [3.8, 4) is 6.07 Å². The van der Waals surface area contributed by atoms with Gasteiger partial charge in [-0.1, -0.05) is 12.1 Å². The zero-order chi connectivity index (χ0) is 15.7. The summed E-state index contributed by atoms with van der Waals surface area (Å²) >= 11 is 0. The van der Waals surface area contributed by atoms with Crippen molar-refractivity contribution in [3.05, 3.63) is 70.8 Å². The number of nitriles is 1. The molecule has 0 fully saturated rings. The van der Waals surface area contributed by atoms with Crippen molar-refractivity contribution in [3.63, 3.8) is 0 Å². The maximum Gasteiger partial charge on any atom is 0.275 e. The molecule has 0 spiro atoms. The van der Waals surface area contributed by atoms with Gasteiger partial charge in [0.1, 0.15) is 6.33 Å². The summed E-state index contributed by atoms with van der Waals surface area (Å²) in [6, 6.07) is 13.8. The number of benzene rings is 2. The van der Waals surface area contributed by atoms with Crippen molar-refractivity contribution in [1.82, 2.24) is 8.96 Å². The highest BCUT2D eigenvalue weighted by Crippen LogP contribution is 2.14. The van der Waals surface area contributed by atoms with Gasteiger partial charge in [-0.15, -0.1) is 0 Å². The van der Waals surface area contributed by atoms with Gasteiger partial charge in [-0.3, -0.25) is 4.79 Å². The summed E-state index contributed by atoms with van der Waals surface area (Å²) in [5, 5.41) is 8.97. The Morgan fingerprint density at radius 3 is 2.41 bits per heavy atom. The number of hydrogen-bond acceptors (Lipinski definition) is 5. The first-order valence-corrected chi connectivity index (χ1v) is 7.70. The molecule has 0 bridgehead atoms. The topological polar surface area (TPSA) is 92.8 Å². The van der Waals surface area contributed by atoms with Crippen LogP contribution in [0.5, 0.6) is 0 Å². The molecule has 7 heteroatoms. The van der Waals surface area contributed by atoms with E-state index in [1.54, 1.807) is 18.2 Å². The molecule has 0 N–H and O–H groups in total. The second kappa shape index (κ2) is 5.09. The molecule has 0 saturated heterocycles. The average Bonchev–Trinajstić information content (AvgIpc) is 2.55. The van der Waals surface area contributed by atoms with Crippen LogP contribution in [-0.4, -0.2) is 17.4 Å². The Hall–Kier alpha value is -2.98. The van der Waals surface area contributed by atoms with E-state index in [1.807, 2.05) is 6.07 Å². The third kappa shape index (κ3) is 2.16. The Balaban J connectivity index is 2.23. The first-order valence-electron chi connectivity index (χ1n) is 6.26. The standard InChI is InChI=1S/C15H9N3O3S/c16-9-11-5-7-12(8-6-11)22(20,21)18-10-17-14-4-2-1-3-13(14)15(18)19/h1-8,10H. The van der Waals surface area contributed by atoms with Gasteiger partial charge in [0.15, 0.2) is 0 Å². The lowest BCUT2D eigenvalue weighted by Gasteiger charge is -2.08. The van der Waals surface area contributed by atoms with Crippen LogP contribution in [0.25, 0.3) is 10.9 Å². The normalized spacial score (nSPS) is 11.2. The second-order valence-corrected chi connectivity index (χ2v) is 6.32. The highest BCUT2D eigenvalue weighted by Gasteiger charge is 2.19. The van der Waals surface area contributed by atoms with Gasteiger partial charge in [-0.2, -0.15) is 9.23 Å². The molecular formula is C15H9N3O3S. The molecule has 2 aromatic carbocycles. The summed E-state index contributed by atoms with van der Waals surface area (Å²) in [5.74, 6) is 0. The van der Waals surface area contributed by atoms with E-state index in [-0.39, 0.29) is 10.3 Å². The Labute approximate surface area is 125 Å². The fourth-order valence-corrected chi connectivity index (χ4v) is 3.23. The van der Waals surface area contributed by atoms with Gasteiger partial charge in [0, 0.05) is 0 Å². The van der Waals surface area contributed by atoms with Gasteiger partial charge < -0.3 is 0 Å². The quantitative estimate of drug-likeness (QED) is 0.715. The van der Waals surface area contributed by atoms with Crippen LogP contribution < -0.4 is 5.56 Å². The van der Waals surface area contributed by atoms with E-state index in [2.05, 4.69) is 4.98 Å². The lowest BCUT2D eigenvalue weighted by atomic mass is 10.2. The maximum atomic E-state index is 12.5. The minimum Gasteiger partial charge on any atom is -0.267 e. The fourth-order valence-electron chi connectivity index (χ4n) is 2.04. The molecule has 0 amide bonds. The number of hydrogen-bond donors (Lipinski definition) is 0. The van der Waals surface area contributed by atoms with Crippen LogP contribution in [0.2, 0.25) is 0 Å². The smallest absolute Gasteiger partial charge is 0.267 e. The van der Waals surface area contributed by atoms with Crippen LogP contribution in [0.3, 0.4) is 0 Å². The van der Waals surface area contributed by atoms with Gasteiger partial charge in [-0.25, -0.2) is 13.4 Å². The number of rotatable bonds is 2. The van der Waals surface area contributed by atoms with Crippen LogP contribution in [0, 0.1) is 11.3 Å². The van der Waals surface area contributed by atoms with Crippen molar-refractivity contribution in [2.24, 2.45) is 0 Å². The van der Waals surface area contributed by atoms with Crippen LogP contribution in [0.4, 0.5) is 0 Å². The number of nitrogens with zero attached hydrogens (tertiary/aromatic N) is 3. The third-order valence-corrected chi connectivity index (χ3v) is 4.82. The summed E-state index contributed by atoms with van der Waals surface area (Å²) in [5.41, 5.74) is 0.108. The molecule has 6 nitrogen and oxygen atoms in total. The van der Waals surface area contributed by atoms with Crippen LogP contribution in [0.15, 0.2) is 64.5 Å². The van der Waals surface area contributed by atoms with E-state index < -0.39 is 15.6 Å². The minimum absolute atomic E-state index is 0.0781. The van der Waals surface area contributed by atoms with Crippen molar-refractivity contribution in [2.45, 2.75) is 4.90 Å². The lowest BCUT2D eigenvalue weighted by molar-refractivity contribution is 0.585. The molecule has 0 aliphatic rings. The predicted octanol–water partition coefficient (Wildman–Crippen LogP) is 1.51. The zero-order valence-corrected chi connectivity index (χ0v) is 12.0. The summed E-state index contributed by atoms with van der Waals surface area (Å²) in [7, 11) is -4.05. The molecule has 1 aromatic heterocycles. The summed E-state index contributed by atoms with van der Waals surface area (Å²) in [6.45, 7) is 0. The Kier molecular flexibility index (Phi) is 3.23. The molecule has 0 radical (unpaired) electrons. The fraction of sp³-hybridized carbons (Fsp3) is 0. The number of fused-ring (bicyclic) bond motifs is 1. The Bertz CT molecular complexity index is 1060. The van der Waals surface area contributed by atoms with Crippen LogP contribution in [0.1, 0.15) is 5.56 Å². The number of para-hydroxylation sites is 1. The molecule has 22 heavy (non-hydrogen) atoms. The van der Waals surface area contributed by atoms with Gasteiger partial charge >= 0.3 is 0 Å². The van der Waals surface area contributed by atoms with Crippen molar-refractivity contribution in [2.75, 3.05) is 0 Å². The predicted molar refractivity (Wildman–Crippen MR) is 79.7 cm³/mol. The van der Waals surface area contributed by atoms with E-state index in [0.717, 1.165) is 6.33 Å². The zero-order valence-electron chi connectivity index (χ0n) is 11.2. The molecule has 108 valence electrons. The van der Waals surface area contributed by atoms with Crippen molar-refractivity contribution < 1.29 is 8.42 Å². The van der Waals surface area contributed by atoms with E-state index in [0.29, 0.717) is 15.1 Å². The molecule has 0 aliphatic heterocycles. The average molecular weight is 311 g/mol. The molecule has 0 saturated carbocycles. The minimum atomic E-state index is -4.05. The van der Waals surface area contributed by atoms with E-state index in [1.165, 1.54) is 30.3 Å². The SMILES string of the molecule is N#Cc1ccc(S(=O)(=O)n2cnc3ccccc3c2=O)cc1. The summed E-state index contributed by atoms with van der Waals surface area (Å²) in [4.78, 5) is 16.3. The molecule has 1 heterocycles. The monoisotopic (exact) mass is 311 g/mol. The molecule has 0 atom stereocenters. The molecule has 3 rings (SSSR count). The van der Waals surface area contributed by atoms with Gasteiger partial charge in [0.25, 0.3) is 15.6 Å². The van der Waals surface area contributed by atoms with E-state index in [9.17, 15) is 13.2 Å². The molecule has 0 unspecified atom stereocenters. The Morgan fingerprint density at radius 1 is 1.05 bits per heavy atom. The van der Waals surface area contributed by atoms with Crippen LogP contribution in [-0.2, 0) is 10.0 Å². The highest BCUT2D eigenvalue weighted by molar-refractivity contribution is 7.90. The van der Waals surface area contributed by atoms with E-state index in [4.69, 9.17) is 5.26 Å². The van der Waals surface area contributed by atoms with Gasteiger partial charge in [0.05, 0.1) is 27.4 Å². The second-order valence-electron chi connectivity index (χ2n) is 4.50. The van der Waals surface area contributed by atoms with Gasteiger partial charge in [-0.05, 0) is 36.4 Å². The Morgan fingerprint density at radius 2 is 1.73 bits per heavy atom. The molecular weight excluding hydrogens is 302 g/mol. The highest BCUT2D eigenvalue weighted by atomic mass is 32.2. The van der Waals surface area contributed by atoms with Crippen LogP contribution >= 0.6 is 0 Å².